The first-order valence-corrected chi connectivity index (χ1v) is 8.82. The summed E-state index contributed by atoms with van der Waals surface area (Å²) in [6, 6.07) is 24.3. The average Bonchev–Trinajstić information content (AvgIpc) is 2.69. The van der Waals surface area contributed by atoms with E-state index in [1.807, 2.05) is 36.4 Å². The normalized spacial score (nSPS) is 10.4. The molecule has 0 saturated heterocycles. The van der Waals surface area contributed by atoms with Crippen molar-refractivity contribution in [3.05, 3.63) is 88.9 Å². The minimum absolute atomic E-state index is 0.739. The summed E-state index contributed by atoms with van der Waals surface area (Å²) >= 11 is 6.06. The van der Waals surface area contributed by atoms with Gasteiger partial charge in [0.15, 0.2) is 0 Å². The van der Waals surface area contributed by atoms with E-state index in [0.29, 0.717) is 0 Å². The minimum Gasteiger partial charge on any atom is -0.497 e. The number of hydrogen-bond acceptors (Lipinski definition) is 3. The second-order valence-corrected chi connectivity index (χ2v) is 6.47. The number of rotatable bonds is 7. The Morgan fingerprint density at radius 2 is 1.08 bits per heavy atom. The average molecular weight is 368 g/mol. The van der Waals surface area contributed by atoms with Crippen molar-refractivity contribution in [3.8, 4) is 11.5 Å². The maximum absolute atomic E-state index is 6.06. The van der Waals surface area contributed by atoms with E-state index < -0.39 is 0 Å². The smallest absolute Gasteiger partial charge is 0.118 e. The van der Waals surface area contributed by atoms with Crippen molar-refractivity contribution in [3.63, 3.8) is 0 Å². The Labute approximate surface area is 159 Å². The lowest BCUT2D eigenvalue weighted by atomic mass is 10.1. The van der Waals surface area contributed by atoms with Gasteiger partial charge in [-0.15, -0.1) is 0 Å². The molecule has 0 fully saturated rings. The summed E-state index contributed by atoms with van der Waals surface area (Å²) in [6.07, 6.45) is 0. The Kier molecular flexibility index (Phi) is 6.03. The Hall–Kier alpha value is -2.65. The van der Waals surface area contributed by atoms with Gasteiger partial charge in [-0.05, 0) is 59.7 Å². The lowest BCUT2D eigenvalue weighted by Crippen LogP contribution is -2.22. The molecule has 0 aromatic heterocycles. The van der Waals surface area contributed by atoms with Crippen LogP contribution in [-0.2, 0) is 13.1 Å². The summed E-state index contributed by atoms with van der Waals surface area (Å²) in [5.74, 6) is 1.73. The molecule has 3 aromatic carbocycles. The maximum atomic E-state index is 6.06. The fourth-order valence-electron chi connectivity index (χ4n) is 2.79. The number of hydrogen-bond donors (Lipinski definition) is 0. The topological polar surface area (TPSA) is 21.7 Å². The van der Waals surface area contributed by atoms with Crippen molar-refractivity contribution in [2.24, 2.45) is 0 Å². The molecule has 0 aliphatic heterocycles. The molecule has 0 heterocycles. The molecule has 0 atom stereocenters. The Balaban J connectivity index is 1.83. The molecule has 0 spiro atoms. The number of benzene rings is 3. The molecule has 3 aromatic rings. The number of ether oxygens (including phenoxy) is 2. The van der Waals surface area contributed by atoms with Crippen molar-refractivity contribution in [2.75, 3.05) is 19.1 Å². The van der Waals surface area contributed by atoms with Crippen LogP contribution in [0.15, 0.2) is 72.8 Å². The highest BCUT2D eigenvalue weighted by molar-refractivity contribution is 6.30. The third-order valence-electron chi connectivity index (χ3n) is 4.26. The van der Waals surface area contributed by atoms with Gasteiger partial charge in [-0.25, -0.2) is 0 Å². The van der Waals surface area contributed by atoms with Crippen LogP contribution in [0.25, 0.3) is 0 Å². The predicted molar refractivity (Wildman–Crippen MR) is 107 cm³/mol. The zero-order valence-electron chi connectivity index (χ0n) is 15.0. The summed E-state index contributed by atoms with van der Waals surface area (Å²) in [5.41, 5.74) is 3.56. The van der Waals surface area contributed by atoms with Gasteiger partial charge in [-0.1, -0.05) is 35.9 Å². The lowest BCUT2D eigenvalue weighted by Gasteiger charge is -2.25. The van der Waals surface area contributed by atoms with Crippen LogP contribution >= 0.6 is 11.6 Å². The van der Waals surface area contributed by atoms with E-state index in [1.165, 1.54) is 11.1 Å². The Morgan fingerprint density at radius 1 is 0.654 bits per heavy atom. The zero-order valence-corrected chi connectivity index (χ0v) is 15.7. The van der Waals surface area contributed by atoms with Crippen LogP contribution in [0.2, 0.25) is 5.02 Å². The molecule has 134 valence electrons. The van der Waals surface area contributed by atoms with Gasteiger partial charge in [0.05, 0.1) is 14.2 Å². The minimum atomic E-state index is 0.739. The van der Waals surface area contributed by atoms with E-state index >= 15 is 0 Å². The molecule has 0 aliphatic carbocycles. The molecule has 0 aliphatic rings. The molecular weight excluding hydrogens is 346 g/mol. The van der Waals surface area contributed by atoms with Crippen LogP contribution in [0.5, 0.6) is 11.5 Å². The summed E-state index contributed by atoms with van der Waals surface area (Å²) in [6.45, 7) is 1.58. The fourth-order valence-corrected chi connectivity index (χ4v) is 2.92. The second kappa shape index (κ2) is 8.63. The molecular formula is C22H22ClNO2. The molecule has 3 rings (SSSR count). The number of halogens is 1. The van der Waals surface area contributed by atoms with E-state index in [9.17, 15) is 0 Å². The molecule has 0 amide bonds. The van der Waals surface area contributed by atoms with Gasteiger partial charge in [-0.3, -0.25) is 0 Å². The van der Waals surface area contributed by atoms with E-state index in [1.54, 1.807) is 14.2 Å². The van der Waals surface area contributed by atoms with Gasteiger partial charge in [0.1, 0.15) is 11.5 Å². The summed E-state index contributed by atoms with van der Waals surface area (Å²) < 4.78 is 10.5. The molecule has 0 saturated carbocycles. The van der Waals surface area contributed by atoms with E-state index in [0.717, 1.165) is 35.3 Å². The van der Waals surface area contributed by atoms with E-state index in [4.69, 9.17) is 21.1 Å². The first kappa shape index (κ1) is 18.2. The standard InChI is InChI=1S/C22H22ClNO2/c1-25-21-11-3-17(4-12-21)15-24(20-9-7-19(23)8-10-20)16-18-5-13-22(26-2)14-6-18/h3-14H,15-16H2,1-2H3. The largest absolute Gasteiger partial charge is 0.497 e. The van der Waals surface area contributed by atoms with Gasteiger partial charge >= 0.3 is 0 Å². The SMILES string of the molecule is COc1ccc(CN(Cc2ccc(OC)cc2)c2ccc(Cl)cc2)cc1. The molecule has 0 N–H and O–H groups in total. The van der Waals surface area contributed by atoms with Crippen LogP contribution in [-0.4, -0.2) is 14.2 Å². The molecule has 4 heteroatoms. The van der Waals surface area contributed by atoms with Gasteiger partial charge in [0.25, 0.3) is 0 Å². The molecule has 0 bridgehead atoms. The van der Waals surface area contributed by atoms with Gasteiger partial charge < -0.3 is 14.4 Å². The summed E-state index contributed by atoms with van der Waals surface area (Å²) in [7, 11) is 3.36. The van der Waals surface area contributed by atoms with Crippen molar-refractivity contribution < 1.29 is 9.47 Å². The highest BCUT2D eigenvalue weighted by atomic mass is 35.5. The van der Waals surface area contributed by atoms with Gasteiger partial charge in [0, 0.05) is 23.8 Å². The molecule has 0 unspecified atom stereocenters. The first-order chi connectivity index (χ1) is 12.7. The summed E-state index contributed by atoms with van der Waals surface area (Å²) in [4.78, 5) is 2.32. The predicted octanol–water partition coefficient (Wildman–Crippen LogP) is 5.56. The van der Waals surface area contributed by atoms with Crippen molar-refractivity contribution in [2.45, 2.75) is 13.1 Å². The van der Waals surface area contributed by atoms with Crippen LogP contribution in [0, 0.1) is 0 Å². The van der Waals surface area contributed by atoms with Crippen LogP contribution < -0.4 is 14.4 Å². The van der Waals surface area contributed by atoms with Crippen LogP contribution in [0.4, 0.5) is 5.69 Å². The fraction of sp³-hybridized carbons (Fsp3) is 0.182. The van der Waals surface area contributed by atoms with E-state index in [-0.39, 0.29) is 0 Å². The second-order valence-electron chi connectivity index (χ2n) is 6.03. The zero-order chi connectivity index (χ0) is 18.4. The number of nitrogens with zero attached hydrogens (tertiary/aromatic N) is 1. The Morgan fingerprint density at radius 3 is 1.46 bits per heavy atom. The highest BCUT2D eigenvalue weighted by Crippen LogP contribution is 2.24. The van der Waals surface area contributed by atoms with Gasteiger partial charge in [-0.2, -0.15) is 0 Å². The van der Waals surface area contributed by atoms with Crippen molar-refractivity contribution in [1.29, 1.82) is 0 Å². The third kappa shape index (κ3) is 4.70. The first-order valence-electron chi connectivity index (χ1n) is 8.44. The monoisotopic (exact) mass is 367 g/mol. The lowest BCUT2D eigenvalue weighted by molar-refractivity contribution is 0.414. The third-order valence-corrected chi connectivity index (χ3v) is 4.51. The summed E-state index contributed by atoms with van der Waals surface area (Å²) in [5, 5.41) is 0.739. The molecule has 0 radical (unpaired) electrons. The van der Waals surface area contributed by atoms with E-state index in [2.05, 4.69) is 41.3 Å². The molecule has 26 heavy (non-hydrogen) atoms. The Bertz CT molecular complexity index is 765. The van der Waals surface area contributed by atoms with Crippen LogP contribution in [0.3, 0.4) is 0 Å². The number of methoxy groups -OCH3 is 2. The van der Waals surface area contributed by atoms with Crippen molar-refractivity contribution in [1.82, 2.24) is 0 Å². The van der Waals surface area contributed by atoms with Crippen LogP contribution in [0.1, 0.15) is 11.1 Å². The van der Waals surface area contributed by atoms with Crippen molar-refractivity contribution >= 4 is 17.3 Å². The van der Waals surface area contributed by atoms with Gasteiger partial charge in [0.2, 0.25) is 0 Å². The quantitative estimate of drug-likeness (QED) is 0.545. The molecule has 3 nitrogen and oxygen atoms in total. The maximum Gasteiger partial charge on any atom is 0.118 e. The number of anilines is 1. The highest BCUT2D eigenvalue weighted by Gasteiger charge is 2.09.